The van der Waals surface area contributed by atoms with Crippen LogP contribution in [0.1, 0.15) is 47.7 Å². The maximum absolute atomic E-state index is 12.3. The Morgan fingerprint density at radius 2 is 1.96 bits per heavy atom. The first kappa shape index (κ1) is 18.4. The summed E-state index contributed by atoms with van der Waals surface area (Å²) in [4.78, 5) is 12.3. The number of halogens is 1. The minimum absolute atomic E-state index is 0.271. The Morgan fingerprint density at radius 1 is 1.25 bits per heavy atom. The zero-order valence-corrected chi connectivity index (χ0v) is 15.6. The maximum Gasteiger partial charge on any atom is 0.257 e. The predicted molar refractivity (Wildman–Crippen MR) is 105 cm³/mol. The van der Waals surface area contributed by atoms with Crippen LogP contribution in [0.5, 0.6) is 0 Å². The van der Waals surface area contributed by atoms with Gasteiger partial charge in [0.2, 0.25) is 0 Å². The van der Waals surface area contributed by atoms with E-state index in [1.54, 1.807) is 12.1 Å². The van der Waals surface area contributed by atoms with E-state index in [9.17, 15) is 4.79 Å². The molecule has 0 unspecified atom stereocenters. The highest BCUT2D eigenvalue weighted by Crippen LogP contribution is 2.26. The summed E-state index contributed by atoms with van der Waals surface area (Å²) in [6.07, 6.45) is 1.03. The van der Waals surface area contributed by atoms with Crippen LogP contribution in [0.15, 0.2) is 42.5 Å². The van der Waals surface area contributed by atoms with Gasteiger partial charge >= 0.3 is 0 Å². The van der Waals surface area contributed by atoms with Gasteiger partial charge in [0.1, 0.15) is 0 Å². The van der Waals surface area contributed by atoms with Crippen molar-refractivity contribution < 1.29 is 4.79 Å². The van der Waals surface area contributed by atoms with E-state index in [0.29, 0.717) is 16.5 Å². The number of hydrogen-bond acceptors (Lipinski definition) is 2. The van der Waals surface area contributed by atoms with Gasteiger partial charge in [-0.3, -0.25) is 10.1 Å². The van der Waals surface area contributed by atoms with Crippen molar-refractivity contribution in [2.24, 2.45) is 0 Å². The molecule has 0 spiro atoms. The molecule has 0 aliphatic heterocycles. The van der Waals surface area contributed by atoms with E-state index in [1.807, 2.05) is 31.2 Å². The summed E-state index contributed by atoms with van der Waals surface area (Å²) in [5.74, 6) is 0.124. The summed E-state index contributed by atoms with van der Waals surface area (Å²) in [6, 6.07) is 13.2. The van der Waals surface area contributed by atoms with Crippen molar-refractivity contribution in [2.45, 2.75) is 33.1 Å². The quantitative estimate of drug-likeness (QED) is 0.728. The van der Waals surface area contributed by atoms with Gasteiger partial charge in [0, 0.05) is 16.3 Å². The Balaban J connectivity index is 2.08. The first-order valence-corrected chi connectivity index (χ1v) is 8.68. The average Bonchev–Trinajstić information content (AvgIpc) is 2.57. The molecule has 0 radical (unpaired) electrons. The highest BCUT2D eigenvalue weighted by molar-refractivity contribution is 7.80. The molecule has 0 aromatic heterocycles. The SMILES string of the molecule is CC[C@@H](C)c1ccccc1NC(=S)NC(=O)c1ccc(C)c(Cl)c1. The van der Waals surface area contributed by atoms with Gasteiger partial charge in [-0.05, 0) is 60.8 Å². The Morgan fingerprint density at radius 3 is 2.62 bits per heavy atom. The molecule has 24 heavy (non-hydrogen) atoms. The molecule has 0 aliphatic rings. The van der Waals surface area contributed by atoms with Gasteiger partial charge in [-0.2, -0.15) is 0 Å². The highest BCUT2D eigenvalue weighted by Gasteiger charge is 2.12. The summed E-state index contributed by atoms with van der Waals surface area (Å²) in [6.45, 7) is 6.20. The van der Waals surface area contributed by atoms with Crippen LogP contribution in [0.2, 0.25) is 5.02 Å². The lowest BCUT2D eigenvalue weighted by atomic mass is 9.97. The van der Waals surface area contributed by atoms with E-state index in [2.05, 4.69) is 30.5 Å². The minimum atomic E-state index is -0.282. The van der Waals surface area contributed by atoms with Crippen molar-refractivity contribution in [1.82, 2.24) is 5.32 Å². The summed E-state index contributed by atoms with van der Waals surface area (Å²) in [7, 11) is 0. The summed E-state index contributed by atoms with van der Waals surface area (Å²) >= 11 is 11.3. The molecule has 3 nitrogen and oxygen atoms in total. The van der Waals surface area contributed by atoms with E-state index < -0.39 is 0 Å². The molecule has 1 amide bonds. The standard InChI is InChI=1S/C19H21ClN2OS/c1-4-12(2)15-7-5-6-8-17(15)21-19(24)22-18(23)14-10-9-13(3)16(20)11-14/h5-12H,4H2,1-3H3,(H2,21,22,23,24)/t12-/m1/s1. The smallest absolute Gasteiger partial charge is 0.257 e. The monoisotopic (exact) mass is 360 g/mol. The van der Waals surface area contributed by atoms with Gasteiger partial charge in [-0.15, -0.1) is 0 Å². The normalized spacial score (nSPS) is 11.7. The number of carbonyl (C=O) groups is 1. The van der Waals surface area contributed by atoms with E-state index in [-0.39, 0.29) is 11.0 Å². The molecule has 2 aromatic carbocycles. The van der Waals surface area contributed by atoms with Crippen LogP contribution in [-0.2, 0) is 0 Å². The molecule has 0 saturated heterocycles. The predicted octanol–water partition coefficient (Wildman–Crippen LogP) is 5.29. The van der Waals surface area contributed by atoms with Crippen molar-refractivity contribution in [3.05, 3.63) is 64.2 Å². The van der Waals surface area contributed by atoms with Gasteiger partial charge in [0.15, 0.2) is 5.11 Å². The lowest BCUT2D eigenvalue weighted by molar-refractivity contribution is 0.0977. The molecular weight excluding hydrogens is 340 g/mol. The first-order chi connectivity index (χ1) is 11.4. The molecule has 2 N–H and O–H groups in total. The van der Waals surface area contributed by atoms with Crippen molar-refractivity contribution in [3.8, 4) is 0 Å². The number of hydrogen-bond donors (Lipinski definition) is 2. The largest absolute Gasteiger partial charge is 0.332 e. The lowest BCUT2D eigenvalue weighted by Crippen LogP contribution is -2.34. The molecule has 5 heteroatoms. The van der Waals surface area contributed by atoms with E-state index in [0.717, 1.165) is 17.7 Å². The van der Waals surface area contributed by atoms with Gasteiger partial charge in [0.05, 0.1) is 0 Å². The van der Waals surface area contributed by atoms with Gasteiger partial charge in [-0.25, -0.2) is 0 Å². The van der Waals surface area contributed by atoms with Crippen molar-refractivity contribution >= 4 is 40.5 Å². The summed E-state index contributed by atoms with van der Waals surface area (Å²) in [5, 5.41) is 6.65. The van der Waals surface area contributed by atoms with Crippen molar-refractivity contribution in [2.75, 3.05) is 5.32 Å². The third kappa shape index (κ3) is 4.56. The molecule has 2 aromatic rings. The van der Waals surface area contributed by atoms with Crippen molar-refractivity contribution in [1.29, 1.82) is 0 Å². The third-order valence-electron chi connectivity index (χ3n) is 4.01. The Hall–Kier alpha value is -1.91. The molecule has 126 valence electrons. The van der Waals surface area contributed by atoms with Crippen LogP contribution in [0, 0.1) is 6.92 Å². The van der Waals surface area contributed by atoms with Crippen LogP contribution < -0.4 is 10.6 Å². The number of benzene rings is 2. The lowest BCUT2D eigenvalue weighted by Gasteiger charge is -2.17. The number of anilines is 1. The highest BCUT2D eigenvalue weighted by atomic mass is 35.5. The Labute approximate surface area is 153 Å². The topological polar surface area (TPSA) is 41.1 Å². The number of thiocarbonyl (C=S) groups is 1. The Bertz CT molecular complexity index is 761. The Kier molecular flexibility index (Phi) is 6.35. The zero-order chi connectivity index (χ0) is 17.7. The zero-order valence-electron chi connectivity index (χ0n) is 14.0. The fraction of sp³-hybridized carbons (Fsp3) is 0.263. The summed E-state index contributed by atoms with van der Waals surface area (Å²) in [5.41, 5.74) is 3.50. The average molecular weight is 361 g/mol. The van der Waals surface area contributed by atoms with Gasteiger partial charge in [-0.1, -0.05) is 49.7 Å². The molecular formula is C19H21ClN2OS. The molecule has 0 fully saturated rings. The van der Waals surface area contributed by atoms with Gasteiger partial charge in [0.25, 0.3) is 5.91 Å². The van der Waals surface area contributed by atoms with Crippen LogP contribution in [0.3, 0.4) is 0 Å². The van der Waals surface area contributed by atoms with E-state index >= 15 is 0 Å². The molecule has 1 atom stereocenters. The number of nitrogens with one attached hydrogen (secondary N) is 2. The number of carbonyl (C=O) groups excluding carboxylic acids is 1. The van der Waals surface area contributed by atoms with Gasteiger partial charge < -0.3 is 5.32 Å². The molecule has 0 saturated carbocycles. The minimum Gasteiger partial charge on any atom is -0.332 e. The van der Waals surface area contributed by atoms with Crippen LogP contribution in [0.4, 0.5) is 5.69 Å². The second-order valence-electron chi connectivity index (χ2n) is 5.77. The number of rotatable bonds is 4. The number of amides is 1. The number of aryl methyl sites for hydroxylation is 1. The molecule has 0 heterocycles. The molecule has 0 aliphatic carbocycles. The third-order valence-corrected chi connectivity index (χ3v) is 4.62. The van der Waals surface area contributed by atoms with E-state index in [1.165, 1.54) is 5.56 Å². The fourth-order valence-corrected chi connectivity index (χ4v) is 2.71. The molecule has 0 bridgehead atoms. The maximum atomic E-state index is 12.3. The van der Waals surface area contributed by atoms with Crippen LogP contribution in [-0.4, -0.2) is 11.0 Å². The molecule has 2 rings (SSSR count). The summed E-state index contributed by atoms with van der Waals surface area (Å²) < 4.78 is 0. The second kappa shape index (κ2) is 8.27. The van der Waals surface area contributed by atoms with Crippen LogP contribution >= 0.6 is 23.8 Å². The van der Waals surface area contributed by atoms with Crippen LogP contribution in [0.25, 0.3) is 0 Å². The fourth-order valence-electron chi connectivity index (χ4n) is 2.32. The first-order valence-electron chi connectivity index (χ1n) is 7.89. The van der Waals surface area contributed by atoms with Crippen molar-refractivity contribution in [3.63, 3.8) is 0 Å². The number of para-hydroxylation sites is 1. The second-order valence-corrected chi connectivity index (χ2v) is 6.58. The van der Waals surface area contributed by atoms with E-state index in [4.69, 9.17) is 23.8 Å².